The predicted octanol–water partition coefficient (Wildman–Crippen LogP) is 3.81. The third kappa shape index (κ3) is 4.25. The fourth-order valence-corrected chi connectivity index (χ4v) is 2.28. The van der Waals surface area contributed by atoms with Crippen LogP contribution in [0.3, 0.4) is 0 Å². The fraction of sp³-hybridized carbons (Fsp3) is 0.263. The summed E-state index contributed by atoms with van der Waals surface area (Å²) in [6, 6.07) is 14.2. The topological polar surface area (TPSA) is 29.5 Å². The summed E-state index contributed by atoms with van der Waals surface area (Å²) in [5.41, 5.74) is 4.43. The molecule has 3 heteroatoms. The monoisotopic (exact) mass is 294 g/mol. The maximum Gasteiger partial charge on any atom is 0.320 e. The van der Waals surface area contributed by atoms with Gasteiger partial charge in [0.2, 0.25) is 0 Å². The largest absolute Gasteiger partial charge is 0.497 e. The van der Waals surface area contributed by atoms with Gasteiger partial charge in [-0.1, -0.05) is 63.2 Å². The second kappa shape index (κ2) is 7.32. The second-order valence-electron chi connectivity index (χ2n) is 5.87. The van der Waals surface area contributed by atoms with Crippen molar-refractivity contribution in [1.29, 1.82) is 0 Å². The lowest BCUT2D eigenvalue weighted by Gasteiger charge is -2.11. The Morgan fingerprint density at radius 1 is 1.00 bits per heavy atom. The highest BCUT2D eigenvalue weighted by Crippen LogP contribution is 2.18. The van der Waals surface area contributed by atoms with Gasteiger partial charge in [-0.2, -0.15) is 0 Å². The van der Waals surface area contributed by atoms with Gasteiger partial charge in [0.05, 0.1) is 7.11 Å². The molecular weight excluding hydrogens is 271 g/mol. The highest BCUT2D eigenvalue weighted by atomic mass is 16.5. The Balaban J connectivity index is 2.28. The lowest BCUT2D eigenvalue weighted by Crippen LogP contribution is -2.26. The van der Waals surface area contributed by atoms with E-state index in [2.05, 4.69) is 38.1 Å². The maximum atomic E-state index is 9.86. The van der Waals surface area contributed by atoms with Crippen LogP contribution in [0.15, 0.2) is 42.5 Å². The van der Waals surface area contributed by atoms with E-state index in [1.54, 1.807) is 13.9 Å². The Kier molecular flexibility index (Phi) is 5.45. The summed E-state index contributed by atoms with van der Waals surface area (Å²) in [6.45, 7) is 5.68. The van der Waals surface area contributed by atoms with E-state index >= 15 is 0 Å². The summed E-state index contributed by atoms with van der Waals surface area (Å²) in [7, 11) is 1.67. The molecule has 0 bridgehead atoms. The molecule has 0 saturated carbocycles. The Morgan fingerprint density at radius 3 is 2.18 bits per heavy atom. The van der Waals surface area contributed by atoms with Crippen LogP contribution in [0, 0.1) is 0 Å². The van der Waals surface area contributed by atoms with Crippen LogP contribution in [-0.4, -0.2) is 19.0 Å². The molecule has 0 saturated heterocycles. The van der Waals surface area contributed by atoms with Gasteiger partial charge in [-0.05, 0) is 40.2 Å². The van der Waals surface area contributed by atoms with Crippen molar-refractivity contribution in [3.63, 3.8) is 0 Å². The van der Waals surface area contributed by atoms with Crippen LogP contribution in [0.4, 0.5) is 0 Å². The molecule has 114 valence electrons. The lowest BCUT2D eigenvalue weighted by molar-refractivity contribution is 0.415. The minimum atomic E-state index is -0.452. The molecular formula is C19H23BO2. The maximum absolute atomic E-state index is 9.86. The summed E-state index contributed by atoms with van der Waals surface area (Å²) in [6.07, 6.45) is 4.16. The molecule has 2 aromatic rings. The first-order valence-electron chi connectivity index (χ1n) is 7.64. The number of rotatable bonds is 5. The quantitative estimate of drug-likeness (QED) is 0.671. The first-order chi connectivity index (χ1) is 10.5. The van der Waals surface area contributed by atoms with E-state index in [0.29, 0.717) is 5.92 Å². The van der Waals surface area contributed by atoms with Gasteiger partial charge < -0.3 is 9.76 Å². The van der Waals surface area contributed by atoms with Gasteiger partial charge >= 0.3 is 6.92 Å². The molecule has 22 heavy (non-hydrogen) atoms. The van der Waals surface area contributed by atoms with Crippen molar-refractivity contribution in [2.75, 3.05) is 7.11 Å². The number of benzene rings is 2. The standard InChI is InChI=1S/C19H23BO2/c1-14(2)17-11-16(12-18(13-17)20(3)21)6-5-15-7-9-19(22-4)10-8-15/h5-14,21H,1-4H3/b6-5+. The van der Waals surface area contributed by atoms with Crippen molar-refractivity contribution in [3.05, 3.63) is 59.2 Å². The van der Waals surface area contributed by atoms with Crippen molar-refractivity contribution in [2.24, 2.45) is 0 Å². The Labute approximate surface area is 133 Å². The van der Waals surface area contributed by atoms with Crippen molar-refractivity contribution >= 4 is 24.5 Å². The second-order valence-corrected chi connectivity index (χ2v) is 5.87. The Bertz CT molecular complexity index is 617. The van der Waals surface area contributed by atoms with Crippen molar-refractivity contribution in [2.45, 2.75) is 26.6 Å². The van der Waals surface area contributed by atoms with Crippen LogP contribution in [0.25, 0.3) is 12.2 Å². The molecule has 0 heterocycles. The molecule has 0 fully saturated rings. The average molecular weight is 294 g/mol. The van der Waals surface area contributed by atoms with Crippen molar-refractivity contribution < 1.29 is 9.76 Å². The third-order valence-electron chi connectivity index (χ3n) is 3.73. The summed E-state index contributed by atoms with van der Waals surface area (Å²) in [4.78, 5) is 0. The summed E-state index contributed by atoms with van der Waals surface area (Å²) < 4.78 is 5.16. The number of hydrogen-bond donors (Lipinski definition) is 1. The van der Waals surface area contributed by atoms with E-state index in [1.807, 2.05) is 30.3 Å². The van der Waals surface area contributed by atoms with Gasteiger partial charge in [0.1, 0.15) is 5.75 Å². The zero-order valence-electron chi connectivity index (χ0n) is 13.7. The summed E-state index contributed by atoms with van der Waals surface area (Å²) in [5.74, 6) is 1.29. The lowest BCUT2D eigenvalue weighted by atomic mass is 9.63. The van der Waals surface area contributed by atoms with Crippen LogP contribution in [0.1, 0.15) is 36.5 Å². The van der Waals surface area contributed by atoms with Crippen molar-refractivity contribution in [3.8, 4) is 5.75 Å². The first kappa shape index (κ1) is 16.4. The molecule has 0 aromatic heterocycles. The van der Waals surface area contributed by atoms with E-state index < -0.39 is 6.92 Å². The van der Waals surface area contributed by atoms with E-state index in [1.165, 1.54) is 5.56 Å². The molecule has 0 unspecified atom stereocenters. The van der Waals surface area contributed by atoms with Gasteiger partial charge in [-0.25, -0.2) is 0 Å². The van der Waals surface area contributed by atoms with Gasteiger partial charge in [-0.15, -0.1) is 0 Å². The van der Waals surface area contributed by atoms with E-state index in [0.717, 1.165) is 22.3 Å². The van der Waals surface area contributed by atoms with E-state index in [-0.39, 0.29) is 0 Å². The molecule has 2 aromatic carbocycles. The number of methoxy groups -OCH3 is 1. The Morgan fingerprint density at radius 2 is 1.64 bits per heavy atom. The summed E-state index contributed by atoms with van der Waals surface area (Å²) in [5, 5.41) is 9.86. The van der Waals surface area contributed by atoms with Crippen LogP contribution < -0.4 is 10.2 Å². The minimum Gasteiger partial charge on any atom is -0.497 e. The van der Waals surface area contributed by atoms with Crippen LogP contribution >= 0.6 is 0 Å². The number of ether oxygens (including phenoxy) is 1. The van der Waals surface area contributed by atoms with Gasteiger partial charge in [-0.3, -0.25) is 0 Å². The van der Waals surface area contributed by atoms with Gasteiger partial charge in [0, 0.05) is 0 Å². The smallest absolute Gasteiger partial charge is 0.320 e. The van der Waals surface area contributed by atoms with Crippen LogP contribution in [-0.2, 0) is 0 Å². The predicted molar refractivity (Wildman–Crippen MR) is 95.9 cm³/mol. The van der Waals surface area contributed by atoms with E-state index in [9.17, 15) is 5.02 Å². The van der Waals surface area contributed by atoms with E-state index in [4.69, 9.17) is 4.74 Å². The molecule has 0 aliphatic rings. The highest BCUT2D eigenvalue weighted by Gasteiger charge is 2.10. The third-order valence-corrected chi connectivity index (χ3v) is 3.73. The zero-order valence-corrected chi connectivity index (χ0v) is 13.7. The molecule has 0 radical (unpaired) electrons. The molecule has 2 nitrogen and oxygen atoms in total. The average Bonchev–Trinajstić information content (AvgIpc) is 2.53. The molecule has 0 aliphatic heterocycles. The van der Waals surface area contributed by atoms with Crippen molar-refractivity contribution in [1.82, 2.24) is 0 Å². The Hall–Kier alpha value is -2.00. The molecule has 1 N–H and O–H groups in total. The minimum absolute atomic E-state index is 0.437. The van der Waals surface area contributed by atoms with Gasteiger partial charge in [0.15, 0.2) is 0 Å². The number of hydrogen-bond acceptors (Lipinski definition) is 2. The van der Waals surface area contributed by atoms with Crippen LogP contribution in [0.2, 0.25) is 6.82 Å². The SMILES string of the molecule is COc1ccc(/C=C/c2cc(B(C)O)cc(C(C)C)c2)cc1. The molecule has 0 atom stereocenters. The van der Waals surface area contributed by atoms with Crippen LogP contribution in [0.5, 0.6) is 5.75 Å². The first-order valence-corrected chi connectivity index (χ1v) is 7.64. The van der Waals surface area contributed by atoms with Gasteiger partial charge in [0.25, 0.3) is 0 Å². The molecule has 0 spiro atoms. The fourth-order valence-electron chi connectivity index (χ4n) is 2.28. The molecule has 2 rings (SSSR count). The summed E-state index contributed by atoms with van der Waals surface area (Å²) >= 11 is 0. The molecule has 0 aliphatic carbocycles. The molecule has 0 amide bonds. The zero-order chi connectivity index (χ0) is 16.1. The highest BCUT2D eigenvalue weighted by molar-refractivity contribution is 6.64. The normalized spacial score (nSPS) is 11.2.